The Morgan fingerprint density at radius 2 is 1.07 bits per heavy atom. The molecular weight excluding hydrogens is 535 g/mol. The van der Waals surface area contributed by atoms with Crippen LogP contribution in [0.25, 0.3) is 22.4 Å². The predicted molar refractivity (Wildman–Crippen MR) is 115 cm³/mol. The summed E-state index contributed by atoms with van der Waals surface area (Å²) >= 11 is 43.2. The van der Waals surface area contributed by atoms with Gasteiger partial charge in [-0.3, -0.25) is 0 Å². The molecule has 1 aromatic heterocycles. The Morgan fingerprint density at radius 3 is 1.59 bits per heavy atom. The van der Waals surface area contributed by atoms with Crippen LogP contribution in [-0.2, 0) is 6.18 Å². The van der Waals surface area contributed by atoms with Crippen molar-refractivity contribution < 1.29 is 13.2 Å². The molecule has 0 radical (unpaired) electrons. The third-order valence-corrected chi connectivity index (χ3v) is 6.46. The van der Waals surface area contributed by atoms with Crippen molar-refractivity contribution in [2.45, 2.75) is 6.18 Å². The summed E-state index contributed by atoms with van der Waals surface area (Å²) in [5.74, 6) is 0. The molecule has 1 heterocycles. The molecule has 11 heteroatoms. The molecule has 0 atom stereocenters. The fraction of sp³-hybridized carbons (Fsp3) is 0.0556. The van der Waals surface area contributed by atoms with Gasteiger partial charge in [0.05, 0.1) is 40.9 Å². The average molecular weight is 540 g/mol. The van der Waals surface area contributed by atoms with E-state index in [1.165, 1.54) is 24.3 Å². The van der Waals surface area contributed by atoms with E-state index in [0.717, 1.165) is 6.07 Å². The first-order valence-corrected chi connectivity index (χ1v) is 10.1. The summed E-state index contributed by atoms with van der Waals surface area (Å²) in [5.41, 5.74) is -1.79. The Morgan fingerprint density at radius 1 is 0.621 bits per heavy atom. The van der Waals surface area contributed by atoms with Gasteiger partial charge in [-0.25, -0.2) is 4.98 Å². The van der Waals surface area contributed by atoms with Crippen molar-refractivity contribution in [3.8, 4) is 22.4 Å². The van der Waals surface area contributed by atoms with Crippen molar-refractivity contribution >= 4 is 81.2 Å². The van der Waals surface area contributed by atoms with Crippen LogP contribution in [0.5, 0.6) is 0 Å². The minimum absolute atomic E-state index is 0.00219. The quantitative estimate of drug-likeness (QED) is 0.295. The van der Waals surface area contributed by atoms with Gasteiger partial charge in [-0.15, -0.1) is 0 Å². The Kier molecular flexibility index (Phi) is 6.77. The highest BCUT2D eigenvalue weighted by atomic mass is 35.5. The van der Waals surface area contributed by atoms with Crippen LogP contribution < -0.4 is 0 Å². The molecule has 0 saturated carbocycles. The van der Waals surface area contributed by atoms with Gasteiger partial charge in [0.2, 0.25) is 0 Å². The summed E-state index contributed by atoms with van der Waals surface area (Å²) in [5, 5.41) is -0.223. The maximum atomic E-state index is 13.6. The predicted octanol–water partition coefficient (Wildman–Crippen LogP) is 10.0. The lowest BCUT2D eigenvalue weighted by atomic mass is 10.0. The van der Waals surface area contributed by atoms with E-state index in [0.29, 0.717) is 0 Å². The van der Waals surface area contributed by atoms with Gasteiger partial charge in [0.25, 0.3) is 0 Å². The van der Waals surface area contributed by atoms with E-state index < -0.39 is 11.9 Å². The molecule has 0 amide bonds. The van der Waals surface area contributed by atoms with Crippen LogP contribution in [0.4, 0.5) is 13.2 Å². The summed E-state index contributed by atoms with van der Waals surface area (Å²) in [7, 11) is 0. The molecule has 0 bridgehead atoms. The molecule has 29 heavy (non-hydrogen) atoms. The van der Waals surface area contributed by atoms with Crippen LogP contribution >= 0.6 is 81.2 Å². The number of aromatic nitrogens is 1. The highest BCUT2D eigenvalue weighted by molar-refractivity contribution is 6.48. The smallest absolute Gasteiger partial charge is 0.242 e. The Labute approximate surface area is 198 Å². The average Bonchev–Trinajstić information content (AvgIpc) is 2.63. The zero-order chi connectivity index (χ0) is 21.7. The summed E-state index contributed by atoms with van der Waals surface area (Å²) in [6.07, 6.45) is -4.82. The first kappa shape index (κ1) is 23.1. The Hall–Kier alpha value is -0.590. The maximum absolute atomic E-state index is 13.6. The van der Waals surface area contributed by atoms with E-state index in [1.54, 1.807) is 0 Å². The SMILES string of the molecule is FC(F)(F)c1cc(-c2c(Cl)ccc(Cl)c2Cl)c(Cl)c(-c2c(Cl)ccc(Cl)c2Cl)n1. The molecule has 0 spiro atoms. The van der Waals surface area contributed by atoms with Gasteiger partial charge >= 0.3 is 6.18 Å². The molecule has 0 aliphatic rings. The van der Waals surface area contributed by atoms with Gasteiger partial charge in [0.1, 0.15) is 5.69 Å². The number of pyridine rings is 1. The Bertz CT molecular complexity index is 1050. The second-order valence-electron chi connectivity index (χ2n) is 5.65. The molecule has 0 aliphatic carbocycles. The minimum Gasteiger partial charge on any atom is -0.242 e. The molecule has 0 N–H and O–H groups in total. The Balaban J connectivity index is 2.47. The first-order chi connectivity index (χ1) is 13.4. The van der Waals surface area contributed by atoms with E-state index in [4.69, 9.17) is 81.2 Å². The number of benzene rings is 2. The van der Waals surface area contributed by atoms with Gasteiger partial charge in [0.15, 0.2) is 0 Å². The number of rotatable bonds is 2. The van der Waals surface area contributed by atoms with Crippen molar-refractivity contribution in [2.75, 3.05) is 0 Å². The highest BCUT2D eigenvalue weighted by Gasteiger charge is 2.35. The number of nitrogens with zero attached hydrogens (tertiary/aromatic N) is 1. The zero-order valence-corrected chi connectivity index (χ0v) is 18.9. The second-order valence-corrected chi connectivity index (χ2v) is 8.41. The standard InChI is InChI=1S/C18H5Cl7F3N/c19-7-1-3-9(21)15(24)12(7)6-5-11(18(26,27)28)29-17(14(6)23)13-8(20)2-4-10(22)16(13)25/h1-5H. The van der Waals surface area contributed by atoms with Crippen LogP contribution in [0.3, 0.4) is 0 Å². The van der Waals surface area contributed by atoms with E-state index in [1.807, 2.05) is 0 Å². The van der Waals surface area contributed by atoms with Gasteiger partial charge in [-0.2, -0.15) is 13.2 Å². The van der Waals surface area contributed by atoms with Crippen LogP contribution in [0, 0.1) is 0 Å². The van der Waals surface area contributed by atoms with Gasteiger partial charge in [0, 0.05) is 16.7 Å². The van der Waals surface area contributed by atoms with Crippen LogP contribution in [0.1, 0.15) is 5.69 Å². The van der Waals surface area contributed by atoms with E-state index in [9.17, 15) is 13.2 Å². The molecule has 0 fully saturated rings. The molecule has 0 aliphatic heterocycles. The number of halogens is 10. The van der Waals surface area contributed by atoms with Crippen molar-refractivity contribution in [1.82, 2.24) is 4.98 Å². The topological polar surface area (TPSA) is 12.9 Å². The zero-order valence-electron chi connectivity index (χ0n) is 13.6. The lowest BCUT2D eigenvalue weighted by Crippen LogP contribution is -2.10. The third-order valence-electron chi connectivity index (χ3n) is 3.84. The fourth-order valence-electron chi connectivity index (χ4n) is 2.54. The lowest BCUT2D eigenvalue weighted by Gasteiger charge is -2.18. The second kappa shape index (κ2) is 8.51. The monoisotopic (exact) mass is 537 g/mol. The molecular formula is C18H5Cl7F3N. The summed E-state index contributed by atoms with van der Waals surface area (Å²) in [6, 6.07) is 6.27. The number of alkyl halides is 3. The van der Waals surface area contributed by atoms with Crippen molar-refractivity contribution in [1.29, 1.82) is 0 Å². The van der Waals surface area contributed by atoms with Crippen molar-refractivity contribution in [3.63, 3.8) is 0 Å². The third kappa shape index (κ3) is 4.40. The van der Waals surface area contributed by atoms with Crippen LogP contribution in [-0.4, -0.2) is 4.98 Å². The van der Waals surface area contributed by atoms with Gasteiger partial charge in [-0.1, -0.05) is 81.2 Å². The largest absolute Gasteiger partial charge is 0.433 e. The first-order valence-electron chi connectivity index (χ1n) is 7.49. The fourth-order valence-corrected chi connectivity index (χ4v) is 4.26. The molecule has 0 saturated heterocycles. The molecule has 0 unspecified atom stereocenters. The molecule has 2 aromatic carbocycles. The van der Waals surface area contributed by atoms with Gasteiger partial charge < -0.3 is 0 Å². The highest BCUT2D eigenvalue weighted by Crippen LogP contribution is 2.48. The molecule has 3 aromatic rings. The number of hydrogen-bond acceptors (Lipinski definition) is 1. The summed E-state index contributed by atoms with van der Waals surface area (Å²) < 4.78 is 40.7. The van der Waals surface area contributed by atoms with Crippen LogP contribution in [0.15, 0.2) is 30.3 Å². The van der Waals surface area contributed by atoms with E-state index in [2.05, 4.69) is 4.98 Å². The molecule has 152 valence electrons. The number of hydrogen-bond donors (Lipinski definition) is 0. The maximum Gasteiger partial charge on any atom is 0.433 e. The van der Waals surface area contributed by atoms with E-state index in [-0.39, 0.29) is 57.5 Å². The van der Waals surface area contributed by atoms with Crippen molar-refractivity contribution in [3.05, 3.63) is 71.2 Å². The van der Waals surface area contributed by atoms with E-state index >= 15 is 0 Å². The van der Waals surface area contributed by atoms with Gasteiger partial charge in [-0.05, 0) is 30.3 Å². The van der Waals surface area contributed by atoms with Crippen LogP contribution in [0.2, 0.25) is 35.2 Å². The normalized spacial score (nSPS) is 11.8. The molecule has 1 nitrogen and oxygen atoms in total. The minimum atomic E-state index is -4.82. The summed E-state index contributed by atoms with van der Waals surface area (Å²) in [6.45, 7) is 0. The van der Waals surface area contributed by atoms with Crippen molar-refractivity contribution in [2.24, 2.45) is 0 Å². The molecule has 3 rings (SSSR count). The lowest BCUT2D eigenvalue weighted by molar-refractivity contribution is -0.141. The summed E-state index contributed by atoms with van der Waals surface area (Å²) in [4.78, 5) is 3.64.